The Labute approximate surface area is 181 Å². The summed E-state index contributed by atoms with van der Waals surface area (Å²) in [6.07, 6.45) is 5.69. The molecule has 2 aliphatic heterocycles. The van der Waals surface area contributed by atoms with Gasteiger partial charge in [0.2, 0.25) is 11.8 Å². The van der Waals surface area contributed by atoms with Gasteiger partial charge in [-0.15, -0.1) is 0 Å². The summed E-state index contributed by atoms with van der Waals surface area (Å²) in [6, 6.07) is 10.00. The second-order valence-corrected chi connectivity index (χ2v) is 7.94. The normalized spacial score (nSPS) is 21.1. The van der Waals surface area contributed by atoms with Gasteiger partial charge < -0.3 is 15.5 Å². The third kappa shape index (κ3) is 4.59. The highest BCUT2D eigenvalue weighted by atomic mass is 16.2. The zero-order chi connectivity index (χ0) is 21.8. The second-order valence-electron chi connectivity index (χ2n) is 7.94. The molecule has 8 nitrogen and oxygen atoms in total. The molecule has 2 atom stereocenters. The number of amides is 4. The Kier molecular flexibility index (Phi) is 6.27. The number of nitrogens with one attached hydrogen (secondary N) is 2. The highest BCUT2D eigenvalue weighted by Gasteiger charge is 2.47. The molecule has 0 saturated carbocycles. The smallest absolute Gasteiger partial charge is 0.325 e. The maximum Gasteiger partial charge on any atom is 0.327 e. The maximum atomic E-state index is 13.3. The first-order valence-electron chi connectivity index (χ1n) is 10.7. The monoisotopic (exact) mass is 421 g/mol. The third-order valence-corrected chi connectivity index (χ3v) is 5.83. The van der Waals surface area contributed by atoms with Crippen LogP contribution in [0.5, 0.6) is 0 Å². The highest BCUT2D eigenvalue weighted by Crippen LogP contribution is 2.26. The van der Waals surface area contributed by atoms with Gasteiger partial charge in [0.15, 0.2) is 0 Å². The number of benzene rings is 1. The van der Waals surface area contributed by atoms with E-state index >= 15 is 0 Å². The SMILES string of the molecule is CCc1cccc(NC(=O)CN2C(=O)N(Cc3cccnc3)C(=O)C3NCCCC32)c1. The average Bonchev–Trinajstić information content (AvgIpc) is 2.80. The number of aryl methyl sites for hydroxylation is 1. The zero-order valence-electron chi connectivity index (χ0n) is 17.6. The predicted molar refractivity (Wildman–Crippen MR) is 116 cm³/mol. The topological polar surface area (TPSA) is 94.6 Å². The number of anilines is 1. The van der Waals surface area contributed by atoms with E-state index in [1.165, 1.54) is 9.80 Å². The summed E-state index contributed by atoms with van der Waals surface area (Å²) in [4.78, 5) is 46.0. The Morgan fingerprint density at radius 3 is 2.84 bits per heavy atom. The molecule has 2 unspecified atom stereocenters. The van der Waals surface area contributed by atoms with E-state index < -0.39 is 12.1 Å². The van der Waals surface area contributed by atoms with Gasteiger partial charge in [0, 0.05) is 18.1 Å². The van der Waals surface area contributed by atoms with Crippen LogP contribution in [0.1, 0.15) is 30.9 Å². The number of pyridine rings is 1. The van der Waals surface area contributed by atoms with Crippen LogP contribution in [0.3, 0.4) is 0 Å². The summed E-state index contributed by atoms with van der Waals surface area (Å²) < 4.78 is 0. The first kappa shape index (κ1) is 21.0. The Morgan fingerprint density at radius 2 is 2.06 bits per heavy atom. The van der Waals surface area contributed by atoms with Crippen LogP contribution < -0.4 is 10.6 Å². The third-order valence-electron chi connectivity index (χ3n) is 5.83. The molecule has 2 aliphatic rings. The summed E-state index contributed by atoms with van der Waals surface area (Å²) in [5.41, 5.74) is 2.59. The molecule has 0 radical (unpaired) electrons. The van der Waals surface area contributed by atoms with E-state index in [0.29, 0.717) is 18.7 Å². The Bertz CT molecular complexity index is 965. The number of carbonyl (C=O) groups is 3. The Balaban J connectivity index is 1.53. The van der Waals surface area contributed by atoms with Crippen LogP contribution in [-0.4, -0.2) is 57.8 Å². The number of aromatic nitrogens is 1. The molecule has 0 spiro atoms. The summed E-state index contributed by atoms with van der Waals surface area (Å²) >= 11 is 0. The number of hydrogen-bond donors (Lipinski definition) is 2. The van der Waals surface area contributed by atoms with Crippen LogP contribution in [0.25, 0.3) is 0 Å². The molecular weight excluding hydrogens is 394 g/mol. The number of carbonyl (C=O) groups excluding carboxylic acids is 3. The summed E-state index contributed by atoms with van der Waals surface area (Å²) in [5, 5.41) is 6.13. The van der Waals surface area contributed by atoms with Gasteiger partial charge in [0.25, 0.3) is 0 Å². The molecule has 2 saturated heterocycles. The number of piperidine rings is 1. The lowest BCUT2D eigenvalue weighted by atomic mass is 9.93. The van der Waals surface area contributed by atoms with Crippen LogP contribution in [0.2, 0.25) is 0 Å². The van der Waals surface area contributed by atoms with Crippen LogP contribution in [0.15, 0.2) is 48.8 Å². The molecule has 4 amide bonds. The van der Waals surface area contributed by atoms with Crippen molar-refractivity contribution in [3.63, 3.8) is 0 Å². The maximum absolute atomic E-state index is 13.3. The van der Waals surface area contributed by atoms with Crippen LogP contribution in [0.4, 0.5) is 10.5 Å². The van der Waals surface area contributed by atoms with Crippen LogP contribution in [-0.2, 0) is 22.6 Å². The molecule has 162 valence electrons. The van der Waals surface area contributed by atoms with E-state index in [1.807, 2.05) is 30.3 Å². The van der Waals surface area contributed by atoms with Gasteiger partial charge in [-0.1, -0.05) is 25.1 Å². The van der Waals surface area contributed by atoms with E-state index in [0.717, 1.165) is 24.0 Å². The van der Waals surface area contributed by atoms with Crippen molar-refractivity contribution in [3.8, 4) is 0 Å². The van der Waals surface area contributed by atoms with Crippen molar-refractivity contribution in [2.75, 3.05) is 18.4 Å². The van der Waals surface area contributed by atoms with Gasteiger partial charge in [-0.3, -0.25) is 19.5 Å². The fourth-order valence-corrected chi connectivity index (χ4v) is 4.25. The standard InChI is InChI=1S/C23H27N5O3/c1-2-16-6-3-8-18(12-16)26-20(29)15-27-19-9-5-11-25-21(19)22(30)28(23(27)31)14-17-7-4-10-24-13-17/h3-4,6-8,10,12-13,19,21,25H,2,5,9,11,14-15H2,1H3,(H,26,29). The molecule has 1 aromatic heterocycles. The number of nitrogens with zero attached hydrogens (tertiary/aromatic N) is 3. The first-order valence-corrected chi connectivity index (χ1v) is 10.7. The van der Waals surface area contributed by atoms with E-state index in [2.05, 4.69) is 22.5 Å². The van der Waals surface area contributed by atoms with E-state index in [-0.39, 0.29) is 30.9 Å². The number of rotatable bonds is 6. The van der Waals surface area contributed by atoms with Gasteiger partial charge in [-0.2, -0.15) is 0 Å². The number of urea groups is 1. The van der Waals surface area contributed by atoms with Crippen molar-refractivity contribution in [2.45, 2.75) is 44.8 Å². The second kappa shape index (κ2) is 9.26. The number of fused-ring (bicyclic) bond motifs is 1. The van der Waals surface area contributed by atoms with E-state index in [1.54, 1.807) is 18.5 Å². The molecule has 0 aliphatic carbocycles. The number of hydrogen-bond acceptors (Lipinski definition) is 5. The molecule has 2 N–H and O–H groups in total. The van der Waals surface area contributed by atoms with Crippen molar-refractivity contribution in [1.29, 1.82) is 0 Å². The van der Waals surface area contributed by atoms with Crippen molar-refractivity contribution in [2.24, 2.45) is 0 Å². The molecule has 0 bridgehead atoms. The fourth-order valence-electron chi connectivity index (χ4n) is 4.25. The first-order chi connectivity index (χ1) is 15.1. The molecular formula is C23H27N5O3. The minimum Gasteiger partial charge on any atom is -0.325 e. The molecule has 1 aromatic carbocycles. The number of imide groups is 1. The quantitative estimate of drug-likeness (QED) is 0.746. The molecule has 4 rings (SSSR count). The lowest BCUT2D eigenvalue weighted by molar-refractivity contribution is -0.138. The van der Waals surface area contributed by atoms with Gasteiger partial charge >= 0.3 is 6.03 Å². The van der Waals surface area contributed by atoms with Crippen molar-refractivity contribution >= 4 is 23.5 Å². The molecule has 2 fully saturated rings. The van der Waals surface area contributed by atoms with Gasteiger partial charge in [0.1, 0.15) is 12.6 Å². The largest absolute Gasteiger partial charge is 0.327 e. The van der Waals surface area contributed by atoms with Crippen LogP contribution >= 0.6 is 0 Å². The molecule has 8 heteroatoms. The van der Waals surface area contributed by atoms with Crippen molar-refractivity contribution in [1.82, 2.24) is 20.1 Å². The summed E-state index contributed by atoms with van der Waals surface area (Å²) in [7, 11) is 0. The Hall–Kier alpha value is -3.26. The average molecular weight is 422 g/mol. The minimum absolute atomic E-state index is 0.102. The molecule has 2 aromatic rings. The van der Waals surface area contributed by atoms with Crippen LogP contribution in [0, 0.1) is 0 Å². The van der Waals surface area contributed by atoms with E-state index in [9.17, 15) is 14.4 Å². The van der Waals surface area contributed by atoms with Crippen molar-refractivity contribution < 1.29 is 14.4 Å². The zero-order valence-corrected chi connectivity index (χ0v) is 17.6. The lowest BCUT2D eigenvalue weighted by Crippen LogP contribution is -2.70. The fraction of sp³-hybridized carbons (Fsp3) is 0.391. The van der Waals surface area contributed by atoms with Crippen molar-refractivity contribution in [3.05, 3.63) is 59.9 Å². The summed E-state index contributed by atoms with van der Waals surface area (Å²) in [5.74, 6) is -0.521. The van der Waals surface area contributed by atoms with Gasteiger partial charge in [-0.05, 0) is 55.1 Å². The summed E-state index contributed by atoms with van der Waals surface area (Å²) in [6.45, 7) is 2.80. The molecule has 3 heterocycles. The van der Waals surface area contributed by atoms with Gasteiger partial charge in [0.05, 0.1) is 12.6 Å². The highest BCUT2D eigenvalue weighted by molar-refractivity contribution is 6.02. The van der Waals surface area contributed by atoms with E-state index in [4.69, 9.17) is 0 Å². The molecule has 31 heavy (non-hydrogen) atoms. The lowest BCUT2D eigenvalue weighted by Gasteiger charge is -2.46. The predicted octanol–water partition coefficient (Wildman–Crippen LogP) is 2.17. The Morgan fingerprint density at radius 1 is 1.23 bits per heavy atom. The van der Waals surface area contributed by atoms with Gasteiger partial charge in [-0.25, -0.2) is 4.79 Å². The minimum atomic E-state index is -0.501.